The molecule has 0 unspecified atom stereocenters. The molecule has 22 heavy (non-hydrogen) atoms. The maximum absolute atomic E-state index is 12.5. The summed E-state index contributed by atoms with van der Waals surface area (Å²) in [5.74, 6) is 0.481. The summed E-state index contributed by atoms with van der Waals surface area (Å²) in [5, 5.41) is 0. The van der Waals surface area contributed by atoms with Gasteiger partial charge in [-0.15, -0.1) is 4.40 Å². The molecule has 4 nitrogen and oxygen atoms in total. The van der Waals surface area contributed by atoms with Gasteiger partial charge in [0, 0.05) is 18.7 Å². The van der Waals surface area contributed by atoms with E-state index < -0.39 is 10.0 Å². The highest BCUT2D eigenvalue weighted by molar-refractivity contribution is 7.90. The fraction of sp³-hybridized carbons (Fsp3) is 0.235. The number of hydrogen-bond acceptors (Lipinski definition) is 2. The topological polar surface area (TPSA) is 49.7 Å². The molecule has 0 atom stereocenters. The second-order valence-electron chi connectivity index (χ2n) is 4.74. The lowest BCUT2D eigenvalue weighted by atomic mass is 10.2. The van der Waals surface area contributed by atoms with Crippen molar-refractivity contribution >= 4 is 15.9 Å². The van der Waals surface area contributed by atoms with Gasteiger partial charge in [-0.3, -0.25) is 0 Å². The van der Waals surface area contributed by atoms with E-state index >= 15 is 0 Å². The van der Waals surface area contributed by atoms with Crippen molar-refractivity contribution in [1.29, 1.82) is 0 Å². The van der Waals surface area contributed by atoms with Crippen LogP contribution in [0.4, 0.5) is 0 Å². The summed E-state index contributed by atoms with van der Waals surface area (Å²) >= 11 is 0. The molecule has 0 bridgehead atoms. The smallest absolute Gasteiger partial charge is 0.284 e. The summed E-state index contributed by atoms with van der Waals surface area (Å²) in [5.41, 5.74) is 0.797. The first-order chi connectivity index (χ1) is 10.6. The minimum Gasteiger partial charge on any atom is -0.356 e. The highest BCUT2D eigenvalue weighted by Gasteiger charge is 2.18. The molecule has 0 aliphatic carbocycles. The van der Waals surface area contributed by atoms with Crippen molar-refractivity contribution in [2.24, 2.45) is 4.40 Å². The first kappa shape index (κ1) is 16.2. The summed E-state index contributed by atoms with van der Waals surface area (Å²) in [6, 6.07) is 17.7. The van der Waals surface area contributed by atoms with Crippen molar-refractivity contribution < 1.29 is 8.42 Å². The molecule has 0 saturated carbocycles. The van der Waals surface area contributed by atoms with Crippen molar-refractivity contribution in [2.45, 2.75) is 18.7 Å². The van der Waals surface area contributed by atoms with Crippen LogP contribution in [0.5, 0.6) is 0 Å². The molecule has 0 radical (unpaired) electrons. The fourth-order valence-corrected chi connectivity index (χ4v) is 3.22. The van der Waals surface area contributed by atoms with Crippen molar-refractivity contribution in [3.63, 3.8) is 0 Å². The lowest BCUT2D eigenvalue weighted by Crippen LogP contribution is -2.32. The molecule has 0 N–H and O–H groups in total. The molecular weight excluding hydrogens is 296 g/mol. The predicted octanol–water partition coefficient (Wildman–Crippen LogP) is 3.16. The average Bonchev–Trinajstić information content (AvgIpc) is 2.56. The Balaban J connectivity index is 2.54. The highest BCUT2D eigenvalue weighted by Crippen LogP contribution is 2.15. The SMILES string of the molecule is CCN(CC)/C(=N\S(=O)(=O)c1ccccc1)c1ccccc1. The summed E-state index contributed by atoms with van der Waals surface area (Å²) in [4.78, 5) is 2.14. The van der Waals surface area contributed by atoms with Crippen LogP contribution in [-0.4, -0.2) is 32.2 Å². The van der Waals surface area contributed by atoms with Gasteiger partial charge in [-0.25, -0.2) is 0 Å². The van der Waals surface area contributed by atoms with Crippen molar-refractivity contribution in [1.82, 2.24) is 4.90 Å². The molecule has 0 aliphatic heterocycles. The monoisotopic (exact) mass is 316 g/mol. The highest BCUT2D eigenvalue weighted by atomic mass is 32.2. The average molecular weight is 316 g/mol. The van der Waals surface area contributed by atoms with Crippen LogP contribution in [-0.2, 0) is 10.0 Å². The molecule has 2 aromatic carbocycles. The molecule has 0 amide bonds. The van der Waals surface area contributed by atoms with Gasteiger partial charge in [-0.05, 0) is 26.0 Å². The maximum atomic E-state index is 12.5. The second kappa shape index (κ2) is 7.22. The van der Waals surface area contributed by atoms with Gasteiger partial charge in [-0.2, -0.15) is 8.42 Å². The van der Waals surface area contributed by atoms with E-state index in [4.69, 9.17) is 0 Å². The zero-order valence-electron chi connectivity index (χ0n) is 12.8. The van der Waals surface area contributed by atoms with Gasteiger partial charge in [0.2, 0.25) is 0 Å². The van der Waals surface area contributed by atoms with E-state index in [-0.39, 0.29) is 4.90 Å². The van der Waals surface area contributed by atoms with Crippen molar-refractivity contribution in [3.8, 4) is 0 Å². The van der Waals surface area contributed by atoms with Crippen LogP contribution in [0.1, 0.15) is 19.4 Å². The van der Waals surface area contributed by atoms with E-state index in [1.165, 1.54) is 0 Å². The molecular formula is C17H20N2O2S. The van der Waals surface area contributed by atoms with E-state index in [9.17, 15) is 8.42 Å². The number of benzene rings is 2. The minimum atomic E-state index is -3.73. The summed E-state index contributed by atoms with van der Waals surface area (Å²) in [6.45, 7) is 5.34. The Morgan fingerprint density at radius 3 is 1.91 bits per heavy atom. The Bertz CT molecular complexity index is 722. The maximum Gasteiger partial charge on any atom is 0.284 e. The number of rotatable bonds is 5. The zero-order chi connectivity index (χ0) is 16.0. The van der Waals surface area contributed by atoms with Gasteiger partial charge in [0.15, 0.2) is 0 Å². The Labute approximate surface area is 132 Å². The van der Waals surface area contributed by atoms with Gasteiger partial charge >= 0.3 is 0 Å². The van der Waals surface area contributed by atoms with Gasteiger partial charge in [0.05, 0.1) is 4.90 Å². The molecule has 116 valence electrons. The summed E-state index contributed by atoms with van der Waals surface area (Å²) in [6.07, 6.45) is 0. The number of amidine groups is 1. The third-order valence-corrected chi connectivity index (χ3v) is 4.62. The third-order valence-electron chi connectivity index (χ3n) is 3.34. The normalized spacial score (nSPS) is 12.2. The van der Waals surface area contributed by atoms with Crippen LogP contribution < -0.4 is 0 Å². The molecule has 0 aliphatic rings. The first-order valence-electron chi connectivity index (χ1n) is 7.29. The van der Waals surface area contributed by atoms with Crippen LogP contribution in [0.2, 0.25) is 0 Å². The summed E-state index contributed by atoms with van der Waals surface area (Å²) < 4.78 is 29.2. The molecule has 5 heteroatoms. The molecule has 0 fully saturated rings. The molecule has 0 aromatic heterocycles. The number of hydrogen-bond donors (Lipinski definition) is 0. The van der Waals surface area contributed by atoms with Crippen molar-refractivity contribution in [3.05, 3.63) is 66.2 Å². The van der Waals surface area contributed by atoms with Gasteiger partial charge in [0.1, 0.15) is 5.84 Å². The quantitative estimate of drug-likeness (QED) is 0.629. The third kappa shape index (κ3) is 3.74. The van der Waals surface area contributed by atoms with Crippen LogP contribution in [0, 0.1) is 0 Å². The standard InChI is InChI=1S/C17H20N2O2S/c1-3-19(4-2)17(15-11-7-5-8-12-15)18-22(20,21)16-13-9-6-10-14-16/h5-14H,3-4H2,1-2H3/b18-17-. The van der Waals surface area contributed by atoms with Gasteiger partial charge < -0.3 is 4.90 Å². The summed E-state index contributed by atoms with van der Waals surface area (Å²) in [7, 11) is -3.73. The molecule has 2 rings (SSSR count). The second-order valence-corrected chi connectivity index (χ2v) is 6.35. The first-order valence-corrected chi connectivity index (χ1v) is 8.73. The Hall–Kier alpha value is -2.14. The Morgan fingerprint density at radius 2 is 1.41 bits per heavy atom. The van der Waals surface area contributed by atoms with E-state index in [0.717, 1.165) is 5.56 Å². The van der Waals surface area contributed by atoms with Crippen LogP contribution >= 0.6 is 0 Å². The van der Waals surface area contributed by atoms with E-state index in [1.807, 2.05) is 49.1 Å². The van der Waals surface area contributed by atoms with Gasteiger partial charge in [0.25, 0.3) is 10.0 Å². The molecule has 0 heterocycles. The zero-order valence-corrected chi connectivity index (χ0v) is 13.6. The van der Waals surface area contributed by atoms with E-state index in [2.05, 4.69) is 4.40 Å². The van der Waals surface area contributed by atoms with Crippen LogP contribution in [0.15, 0.2) is 70.0 Å². The Morgan fingerprint density at radius 1 is 0.909 bits per heavy atom. The lowest BCUT2D eigenvalue weighted by molar-refractivity contribution is 0.467. The van der Waals surface area contributed by atoms with Crippen molar-refractivity contribution in [2.75, 3.05) is 13.1 Å². The molecule has 0 spiro atoms. The van der Waals surface area contributed by atoms with Crippen LogP contribution in [0.3, 0.4) is 0 Å². The van der Waals surface area contributed by atoms with Crippen LogP contribution in [0.25, 0.3) is 0 Å². The molecule has 0 saturated heterocycles. The number of nitrogens with zero attached hydrogens (tertiary/aromatic N) is 2. The minimum absolute atomic E-state index is 0.204. The Kier molecular flexibility index (Phi) is 5.33. The predicted molar refractivity (Wildman–Crippen MR) is 89.5 cm³/mol. The largest absolute Gasteiger partial charge is 0.356 e. The lowest BCUT2D eigenvalue weighted by Gasteiger charge is -2.23. The van der Waals surface area contributed by atoms with Gasteiger partial charge in [-0.1, -0.05) is 48.5 Å². The van der Waals surface area contributed by atoms with E-state index in [0.29, 0.717) is 18.9 Å². The van der Waals surface area contributed by atoms with E-state index in [1.54, 1.807) is 30.3 Å². The fourth-order valence-electron chi connectivity index (χ4n) is 2.16. The molecule has 2 aromatic rings. The number of sulfonamides is 1.